The second kappa shape index (κ2) is 5.46. The Morgan fingerprint density at radius 3 is 2.72 bits per heavy atom. The molecule has 0 aliphatic carbocycles. The number of benzene rings is 1. The summed E-state index contributed by atoms with van der Waals surface area (Å²) in [5, 5.41) is 0. The van der Waals surface area contributed by atoms with Crippen molar-refractivity contribution in [2.24, 2.45) is 5.73 Å². The van der Waals surface area contributed by atoms with Gasteiger partial charge >= 0.3 is 0 Å². The zero-order chi connectivity index (χ0) is 13.1. The van der Waals surface area contributed by atoms with Crippen LogP contribution in [0, 0.1) is 6.92 Å². The lowest BCUT2D eigenvalue weighted by atomic mass is 10.1. The van der Waals surface area contributed by atoms with Crippen molar-refractivity contribution in [2.45, 2.75) is 13.0 Å². The van der Waals surface area contributed by atoms with Gasteiger partial charge in [-0.25, -0.2) is 0 Å². The minimum Gasteiger partial charge on any atom is -0.391 e. The van der Waals surface area contributed by atoms with E-state index in [0.717, 1.165) is 5.56 Å². The molecule has 1 aliphatic heterocycles. The number of carbonyl (C=O) groups excluding carboxylic acids is 1. The third-order valence-electron chi connectivity index (χ3n) is 2.97. The number of morpholine rings is 1. The Labute approximate surface area is 112 Å². The molecule has 0 saturated carbocycles. The molecule has 0 spiro atoms. The largest absolute Gasteiger partial charge is 0.391 e. The van der Waals surface area contributed by atoms with E-state index in [1.807, 2.05) is 31.2 Å². The molecule has 1 saturated heterocycles. The minimum atomic E-state index is -0.330. The number of carbonyl (C=O) groups is 1. The first-order valence-corrected chi connectivity index (χ1v) is 6.25. The van der Waals surface area contributed by atoms with Crippen LogP contribution in [0.25, 0.3) is 0 Å². The van der Waals surface area contributed by atoms with E-state index >= 15 is 0 Å². The molecule has 4 nitrogen and oxygen atoms in total. The Morgan fingerprint density at radius 1 is 1.44 bits per heavy atom. The Balaban J connectivity index is 2.09. The van der Waals surface area contributed by atoms with Crippen LogP contribution in [-0.2, 0) is 4.74 Å². The normalized spacial score (nSPS) is 19.6. The fourth-order valence-electron chi connectivity index (χ4n) is 1.88. The van der Waals surface area contributed by atoms with Crippen LogP contribution in [0.5, 0.6) is 0 Å². The summed E-state index contributed by atoms with van der Waals surface area (Å²) in [6.45, 7) is 3.47. The molecule has 96 valence electrons. The highest BCUT2D eigenvalue weighted by Gasteiger charge is 2.26. The lowest BCUT2D eigenvalue weighted by molar-refractivity contribution is 0.00879. The number of thiocarbonyl (C=S) groups is 1. The molecule has 1 amide bonds. The minimum absolute atomic E-state index is 0.000417. The highest BCUT2D eigenvalue weighted by Crippen LogP contribution is 2.11. The smallest absolute Gasteiger partial charge is 0.254 e. The third-order valence-corrected chi connectivity index (χ3v) is 3.23. The van der Waals surface area contributed by atoms with Crippen LogP contribution in [-0.4, -0.2) is 41.6 Å². The van der Waals surface area contributed by atoms with Crippen LogP contribution in [0.4, 0.5) is 0 Å². The molecule has 1 fully saturated rings. The summed E-state index contributed by atoms with van der Waals surface area (Å²) in [5.74, 6) is -0.000417. The van der Waals surface area contributed by atoms with Crippen LogP contribution >= 0.6 is 12.2 Å². The summed E-state index contributed by atoms with van der Waals surface area (Å²) in [6, 6.07) is 7.53. The zero-order valence-corrected chi connectivity index (χ0v) is 11.1. The van der Waals surface area contributed by atoms with Crippen LogP contribution in [0.15, 0.2) is 24.3 Å². The van der Waals surface area contributed by atoms with Crippen molar-refractivity contribution in [2.75, 3.05) is 19.7 Å². The number of nitrogens with zero attached hydrogens (tertiary/aromatic N) is 1. The van der Waals surface area contributed by atoms with Crippen molar-refractivity contribution in [1.29, 1.82) is 0 Å². The molecule has 1 heterocycles. The van der Waals surface area contributed by atoms with E-state index in [9.17, 15) is 4.79 Å². The number of amides is 1. The van der Waals surface area contributed by atoms with E-state index in [1.54, 1.807) is 4.90 Å². The maximum atomic E-state index is 12.3. The second-order valence-corrected chi connectivity index (χ2v) is 4.85. The molecule has 0 aromatic heterocycles. The molecule has 2 rings (SSSR count). The first-order valence-electron chi connectivity index (χ1n) is 5.85. The second-order valence-electron chi connectivity index (χ2n) is 4.38. The summed E-state index contributed by atoms with van der Waals surface area (Å²) in [4.78, 5) is 14.3. The van der Waals surface area contributed by atoms with Gasteiger partial charge in [0.25, 0.3) is 5.91 Å². The maximum Gasteiger partial charge on any atom is 0.254 e. The van der Waals surface area contributed by atoms with Gasteiger partial charge in [0.15, 0.2) is 0 Å². The van der Waals surface area contributed by atoms with Gasteiger partial charge in [0, 0.05) is 12.1 Å². The summed E-state index contributed by atoms with van der Waals surface area (Å²) in [5.41, 5.74) is 7.37. The molecule has 0 radical (unpaired) electrons. The predicted molar refractivity (Wildman–Crippen MR) is 73.6 cm³/mol. The Bertz CT molecular complexity index is 459. The third kappa shape index (κ3) is 2.86. The van der Waals surface area contributed by atoms with Crippen LogP contribution in [0.3, 0.4) is 0 Å². The fraction of sp³-hybridized carbons (Fsp3) is 0.385. The van der Waals surface area contributed by atoms with Crippen molar-refractivity contribution in [3.8, 4) is 0 Å². The Hall–Kier alpha value is -1.46. The SMILES string of the molecule is Cc1ccc(C(=O)N2CCOC(C(N)=S)C2)cc1. The number of nitrogens with two attached hydrogens (primary N) is 1. The average molecular weight is 264 g/mol. The van der Waals surface area contributed by atoms with Gasteiger partial charge in [0.2, 0.25) is 0 Å². The molecular formula is C13H16N2O2S. The fourth-order valence-corrected chi connectivity index (χ4v) is 2.03. The van der Waals surface area contributed by atoms with Gasteiger partial charge in [0.1, 0.15) is 11.1 Å². The maximum absolute atomic E-state index is 12.3. The van der Waals surface area contributed by atoms with Crippen LogP contribution in [0.2, 0.25) is 0 Å². The quantitative estimate of drug-likeness (QED) is 0.813. The van der Waals surface area contributed by atoms with Gasteiger partial charge in [-0.2, -0.15) is 0 Å². The van der Waals surface area contributed by atoms with Gasteiger partial charge < -0.3 is 15.4 Å². The Morgan fingerprint density at radius 2 is 2.11 bits per heavy atom. The van der Waals surface area contributed by atoms with Crippen molar-refractivity contribution in [3.63, 3.8) is 0 Å². The van der Waals surface area contributed by atoms with Crippen molar-refractivity contribution in [1.82, 2.24) is 4.90 Å². The molecule has 5 heteroatoms. The van der Waals surface area contributed by atoms with Gasteiger partial charge in [-0.15, -0.1) is 0 Å². The number of aryl methyl sites for hydroxylation is 1. The average Bonchev–Trinajstić information content (AvgIpc) is 2.39. The standard InChI is InChI=1S/C13H16N2O2S/c1-9-2-4-10(5-3-9)13(16)15-6-7-17-11(8-15)12(14)18/h2-5,11H,6-8H2,1H3,(H2,14,18). The van der Waals surface area contributed by atoms with E-state index in [4.69, 9.17) is 22.7 Å². The highest BCUT2D eigenvalue weighted by molar-refractivity contribution is 7.80. The molecule has 1 aromatic rings. The number of hydrogen-bond donors (Lipinski definition) is 1. The van der Waals surface area contributed by atoms with Crippen LogP contribution < -0.4 is 5.73 Å². The van der Waals surface area contributed by atoms with Gasteiger partial charge in [0.05, 0.1) is 13.2 Å². The molecule has 18 heavy (non-hydrogen) atoms. The lowest BCUT2D eigenvalue weighted by Crippen LogP contribution is -2.49. The summed E-state index contributed by atoms with van der Waals surface area (Å²) in [6.07, 6.45) is -0.330. The van der Waals surface area contributed by atoms with E-state index < -0.39 is 0 Å². The van der Waals surface area contributed by atoms with Crippen molar-refractivity contribution >= 4 is 23.1 Å². The molecule has 2 N–H and O–H groups in total. The topological polar surface area (TPSA) is 55.6 Å². The van der Waals surface area contributed by atoms with E-state index in [0.29, 0.717) is 30.2 Å². The molecule has 1 atom stereocenters. The summed E-state index contributed by atoms with van der Waals surface area (Å²) < 4.78 is 5.41. The van der Waals surface area contributed by atoms with E-state index in [2.05, 4.69) is 0 Å². The van der Waals surface area contributed by atoms with Gasteiger partial charge in [-0.3, -0.25) is 4.79 Å². The summed E-state index contributed by atoms with van der Waals surface area (Å²) >= 11 is 4.90. The number of hydrogen-bond acceptors (Lipinski definition) is 3. The summed E-state index contributed by atoms with van der Waals surface area (Å²) in [7, 11) is 0. The van der Waals surface area contributed by atoms with E-state index in [-0.39, 0.29) is 12.0 Å². The predicted octanol–water partition coefficient (Wildman–Crippen LogP) is 1.12. The molecular weight excluding hydrogens is 248 g/mol. The van der Waals surface area contributed by atoms with Crippen molar-refractivity contribution in [3.05, 3.63) is 35.4 Å². The van der Waals surface area contributed by atoms with Gasteiger partial charge in [-0.05, 0) is 19.1 Å². The first-order chi connectivity index (χ1) is 8.58. The monoisotopic (exact) mass is 264 g/mol. The van der Waals surface area contributed by atoms with Gasteiger partial charge in [-0.1, -0.05) is 29.9 Å². The molecule has 1 aliphatic rings. The zero-order valence-electron chi connectivity index (χ0n) is 10.3. The molecule has 1 aromatic carbocycles. The number of rotatable bonds is 2. The molecule has 1 unspecified atom stereocenters. The van der Waals surface area contributed by atoms with Crippen molar-refractivity contribution < 1.29 is 9.53 Å². The highest BCUT2D eigenvalue weighted by atomic mass is 32.1. The Kier molecular flexibility index (Phi) is 3.93. The lowest BCUT2D eigenvalue weighted by Gasteiger charge is -2.32. The molecule has 0 bridgehead atoms. The van der Waals surface area contributed by atoms with Crippen LogP contribution in [0.1, 0.15) is 15.9 Å². The number of ether oxygens (including phenoxy) is 1. The van der Waals surface area contributed by atoms with E-state index in [1.165, 1.54) is 0 Å². The first kappa shape index (κ1) is 13.0.